The van der Waals surface area contributed by atoms with Crippen molar-refractivity contribution in [2.45, 2.75) is 37.8 Å². The van der Waals surface area contributed by atoms with E-state index in [1.165, 1.54) is 6.33 Å². The van der Waals surface area contributed by atoms with Crippen LogP contribution in [0.1, 0.15) is 31.7 Å². The van der Waals surface area contributed by atoms with E-state index in [1.807, 2.05) is 6.20 Å². The minimum absolute atomic E-state index is 0.189. The highest BCUT2D eigenvalue weighted by molar-refractivity contribution is 5.52. The summed E-state index contributed by atoms with van der Waals surface area (Å²) in [6.45, 7) is 0. The van der Waals surface area contributed by atoms with Crippen molar-refractivity contribution < 1.29 is 5.11 Å². The molecule has 1 aliphatic carbocycles. The van der Waals surface area contributed by atoms with Crippen LogP contribution < -0.4 is 0 Å². The molecular formula is C13H16N4O. The molecule has 0 saturated heterocycles. The van der Waals surface area contributed by atoms with Gasteiger partial charge in [-0.1, -0.05) is 0 Å². The number of nitrogens with zero attached hydrogens (tertiary/aromatic N) is 4. The zero-order valence-corrected chi connectivity index (χ0v) is 10.1. The summed E-state index contributed by atoms with van der Waals surface area (Å²) in [5.41, 5.74) is 0.919. The number of imidazole rings is 1. The molecule has 0 bridgehead atoms. The Bertz CT molecular complexity index is 511. The van der Waals surface area contributed by atoms with Crippen LogP contribution in [0.2, 0.25) is 0 Å². The topological polar surface area (TPSA) is 63.8 Å². The molecule has 2 atom stereocenters. The van der Waals surface area contributed by atoms with Gasteiger partial charge >= 0.3 is 0 Å². The minimum Gasteiger partial charge on any atom is -0.393 e. The second-order valence-electron chi connectivity index (χ2n) is 4.76. The summed E-state index contributed by atoms with van der Waals surface area (Å²) >= 11 is 0. The van der Waals surface area contributed by atoms with Crippen LogP contribution in [0.4, 0.5) is 0 Å². The first-order valence-corrected chi connectivity index (χ1v) is 6.31. The van der Waals surface area contributed by atoms with Crippen LogP contribution in [0.15, 0.2) is 31.1 Å². The molecule has 2 aromatic heterocycles. The van der Waals surface area contributed by atoms with Gasteiger partial charge in [-0.25, -0.2) is 15.0 Å². The predicted molar refractivity (Wildman–Crippen MR) is 66.8 cm³/mol. The molecule has 0 unspecified atom stereocenters. The van der Waals surface area contributed by atoms with Gasteiger partial charge in [0.1, 0.15) is 12.2 Å². The van der Waals surface area contributed by atoms with Crippen LogP contribution in [-0.2, 0) is 0 Å². The van der Waals surface area contributed by atoms with Crippen molar-refractivity contribution in [1.82, 2.24) is 19.5 Å². The van der Waals surface area contributed by atoms with Gasteiger partial charge in [0.25, 0.3) is 0 Å². The molecule has 0 amide bonds. The molecule has 1 fully saturated rings. The Morgan fingerprint density at radius 3 is 2.83 bits per heavy atom. The van der Waals surface area contributed by atoms with Crippen LogP contribution >= 0.6 is 0 Å². The normalized spacial score (nSPS) is 24.1. The highest BCUT2D eigenvalue weighted by Crippen LogP contribution is 2.31. The van der Waals surface area contributed by atoms with Crippen molar-refractivity contribution in [3.8, 4) is 11.4 Å². The largest absolute Gasteiger partial charge is 0.393 e. The van der Waals surface area contributed by atoms with E-state index in [1.54, 1.807) is 18.6 Å². The lowest BCUT2D eigenvalue weighted by molar-refractivity contribution is 0.104. The second-order valence-corrected chi connectivity index (χ2v) is 4.76. The number of aromatic nitrogens is 4. The van der Waals surface area contributed by atoms with Crippen LogP contribution in [0.5, 0.6) is 0 Å². The molecule has 0 aromatic carbocycles. The molecular weight excluding hydrogens is 228 g/mol. The van der Waals surface area contributed by atoms with Crippen LogP contribution in [-0.4, -0.2) is 30.7 Å². The number of hydrogen-bond acceptors (Lipinski definition) is 4. The molecule has 2 heterocycles. The van der Waals surface area contributed by atoms with E-state index in [9.17, 15) is 5.11 Å². The van der Waals surface area contributed by atoms with Gasteiger partial charge in [-0.05, 0) is 25.7 Å². The van der Waals surface area contributed by atoms with Crippen molar-refractivity contribution in [2.24, 2.45) is 0 Å². The molecule has 5 heteroatoms. The first-order chi connectivity index (χ1) is 8.84. The van der Waals surface area contributed by atoms with E-state index in [0.29, 0.717) is 6.04 Å². The molecule has 1 saturated carbocycles. The Morgan fingerprint density at radius 2 is 2.06 bits per heavy atom. The summed E-state index contributed by atoms with van der Waals surface area (Å²) < 4.78 is 2.14. The average Bonchev–Trinajstić information content (AvgIpc) is 2.89. The molecule has 1 aliphatic rings. The molecule has 0 aliphatic heterocycles. The molecule has 18 heavy (non-hydrogen) atoms. The molecule has 5 nitrogen and oxygen atoms in total. The summed E-state index contributed by atoms with van der Waals surface area (Å²) in [5, 5.41) is 9.78. The molecule has 1 N–H and O–H groups in total. The molecule has 2 aromatic rings. The number of rotatable bonds is 2. The average molecular weight is 244 g/mol. The van der Waals surface area contributed by atoms with Crippen LogP contribution in [0, 0.1) is 0 Å². The standard InChI is InChI=1S/C13H16N4O/c18-12-3-1-2-11(6-12)17-5-4-16-13(17)10-7-14-9-15-8-10/h4-5,7-9,11-12,18H,1-3,6H2/t11-,12+/m0/s1. The number of aliphatic hydroxyl groups is 1. The van der Waals surface area contributed by atoms with E-state index < -0.39 is 0 Å². The van der Waals surface area contributed by atoms with Gasteiger partial charge in [-0.15, -0.1) is 0 Å². The van der Waals surface area contributed by atoms with Gasteiger partial charge < -0.3 is 9.67 Å². The predicted octanol–water partition coefficient (Wildman–Crippen LogP) is 1.82. The first kappa shape index (κ1) is 11.3. The van der Waals surface area contributed by atoms with Crippen molar-refractivity contribution in [3.63, 3.8) is 0 Å². The summed E-state index contributed by atoms with van der Waals surface area (Å²) in [7, 11) is 0. The van der Waals surface area contributed by atoms with E-state index in [4.69, 9.17) is 0 Å². The molecule has 0 spiro atoms. The van der Waals surface area contributed by atoms with E-state index in [0.717, 1.165) is 37.1 Å². The van der Waals surface area contributed by atoms with Crippen LogP contribution in [0.25, 0.3) is 11.4 Å². The van der Waals surface area contributed by atoms with E-state index in [2.05, 4.69) is 19.5 Å². The number of hydrogen-bond donors (Lipinski definition) is 1. The SMILES string of the molecule is O[C@@H]1CCC[C@H](n2ccnc2-c2cncnc2)C1. The summed E-state index contributed by atoms with van der Waals surface area (Å²) in [6.07, 6.45) is 12.5. The van der Waals surface area contributed by atoms with Gasteiger partial charge in [0.05, 0.1) is 11.7 Å². The van der Waals surface area contributed by atoms with E-state index in [-0.39, 0.29) is 6.10 Å². The van der Waals surface area contributed by atoms with Crippen LogP contribution in [0.3, 0.4) is 0 Å². The minimum atomic E-state index is -0.189. The lowest BCUT2D eigenvalue weighted by Gasteiger charge is -2.28. The lowest BCUT2D eigenvalue weighted by Crippen LogP contribution is -2.22. The Labute approximate surface area is 106 Å². The third-order valence-corrected chi connectivity index (χ3v) is 3.50. The van der Waals surface area contributed by atoms with Crippen molar-refractivity contribution >= 4 is 0 Å². The highest BCUT2D eigenvalue weighted by atomic mass is 16.3. The Hall–Kier alpha value is -1.75. The van der Waals surface area contributed by atoms with Crippen molar-refractivity contribution in [1.29, 1.82) is 0 Å². The summed E-state index contributed by atoms with van der Waals surface area (Å²) in [4.78, 5) is 12.4. The van der Waals surface area contributed by atoms with Gasteiger partial charge in [-0.3, -0.25) is 0 Å². The highest BCUT2D eigenvalue weighted by Gasteiger charge is 2.23. The summed E-state index contributed by atoms with van der Waals surface area (Å²) in [5.74, 6) is 0.884. The maximum absolute atomic E-state index is 9.78. The van der Waals surface area contributed by atoms with Crippen molar-refractivity contribution in [2.75, 3.05) is 0 Å². The summed E-state index contributed by atoms with van der Waals surface area (Å²) in [6, 6.07) is 0.325. The fourth-order valence-electron chi connectivity index (χ4n) is 2.64. The quantitative estimate of drug-likeness (QED) is 0.875. The zero-order valence-electron chi connectivity index (χ0n) is 10.1. The van der Waals surface area contributed by atoms with Gasteiger partial charge in [0.15, 0.2) is 0 Å². The lowest BCUT2D eigenvalue weighted by atomic mass is 9.92. The molecule has 3 rings (SSSR count). The zero-order chi connectivity index (χ0) is 12.4. The maximum Gasteiger partial charge on any atom is 0.143 e. The Morgan fingerprint density at radius 1 is 1.22 bits per heavy atom. The molecule has 0 radical (unpaired) electrons. The third-order valence-electron chi connectivity index (χ3n) is 3.50. The monoisotopic (exact) mass is 244 g/mol. The maximum atomic E-state index is 9.78. The molecule has 94 valence electrons. The van der Waals surface area contributed by atoms with Crippen molar-refractivity contribution in [3.05, 3.63) is 31.1 Å². The van der Waals surface area contributed by atoms with Gasteiger partial charge in [0.2, 0.25) is 0 Å². The Balaban J connectivity index is 1.92. The van der Waals surface area contributed by atoms with Gasteiger partial charge in [0, 0.05) is 30.8 Å². The smallest absolute Gasteiger partial charge is 0.143 e. The second kappa shape index (κ2) is 4.86. The van der Waals surface area contributed by atoms with Gasteiger partial charge in [-0.2, -0.15) is 0 Å². The number of aliphatic hydroxyl groups excluding tert-OH is 1. The van der Waals surface area contributed by atoms with E-state index >= 15 is 0 Å². The third kappa shape index (κ3) is 2.13. The first-order valence-electron chi connectivity index (χ1n) is 6.31. The fourth-order valence-corrected chi connectivity index (χ4v) is 2.64. The Kier molecular flexibility index (Phi) is 3.06. The fraction of sp³-hybridized carbons (Fsp3) is 0.462.